The molecule has 3 aromatic carbocycles. The molecule has 0 atom stereocenters. The number of hydrogen-bond acceptors (Lipinski definition) is 3. The van der Waals surface area contributed by atoms with Crippen LogP contribution >= 0.6 is 0 Å². The summed E-state index contributed by atoms with van der Waals surface area (Å²) in [5.74, 6) is 2.39. The van der Waals surface area contributed by atoms with Gasteiger partial charge in [-0.3, -0.25) is 0 Å². The van der Waals surface area contributed by atoms with Gasteiger partial charge < -0.3 is 9.30 Å². The molecule has 0 saturated carbocycles. The fourth-order valence-corrected chi connectivity index (χ4v) is 4.42. The lowest BCUT2D eigenvalue weighted by Crippen LogP contribution is -1.99. The molecule has 0 amide bonds. The maximum Gasteiger partial charge on any atom is 0.129 e. The van der Waals surface area contributed by atoms with Crippen LogP contribution in [0.25, 0.3) is 22.5 Å². The van der Waals surface area contributed by atoms with Gasteiger partial charge in [0.1, 0.15) is 11.5 Å². The average molecular weight is 463 g/mol. The molecule has 5 heteroatoms. The quantitative estimate of drug-likeness (QED) is 0.248. The Balaban J connectivity index is 1.45. The summed E-state index contributed by atoms with van der Waals surface area (Å²) < 4.78 is 10.1. The molecule has 0 bridgehead atoms. The number of benzene rings is 3. The maximum atomic E-state index is 6.20. The van der Waals surface area contributed by atoms with E-state index in [0.717, 1.165) is 28.4 Å². The molecule has 2 heterocycles. The standard InChI is InChI=1S/C30H30N4O/c1-21(2)28-12-7-13-29(22(3)4)30(28)23-18-32-34(19-23)25-9-6-11-27(17-25)35-26-10-5-8-24(16-26)33-15-14-31-20-33/h5-22H,1-4H3. The van der Waals surface area contributed by atoms with Gasteiger partial charge in [0.05, 0.1) is 23.9 Å². The van der Waals surface area contributed by atoms with Crippen LogP contribution < -0.4 is 4.74 Å². The molecule has 5 nitrogen and oxygen atoms in total. The molecule has 0 N–H and O–H groups in total. The third-order valence-corrected chi connectivity index (χ3v) is 6.18. The van der Waals surface area contributed by atoms with Gasteiger partial charge in [0, 0.05) is 36.3 Å². The van der Waals surface area contributed by atoms with Gasteiger partial charge in [0.15, 0.2) is 0 Å². The van der Waals surface area contributed by atoms with Crippen molar-refractivity contribution in [3.8, 4) is 34.0 Å². The van der Waals surface area contributed by atoms with Crippen LogP contribution in [0.4, 0.5) is 0 Å². The largest absolute Gasteiger partial charge is 0.457 e. The fourth-order valence-electron chi connectivity index (χ4n) is 4.42. The summed E-state index contributed by atoms with van der Waals surface area (Å²) in [4.78, 5) is 4.12. The average Bonchev–Trinajstić information content (AvgIpc) is 3.57. The maximum absolute atomic E-state index is 6.20. The van der Waals surface area contributed by atoms with E-state index in [1.54, 1.807) is 12.5 Å². The SMILES string of the molecule is CC(C)c1cccc(C(C)C)c1-c1cnn(-c2cccc(Oc3cccc(-n4ccnc4)c3)c2)c1. The van der Waals surface area contributed by atoms with Gasteiger partial charge in [-0.1, -0.05) is 58.0 Å². The smallest absolute Gasteiger partial charge is 0.129 e. The predicted molar refractivity (Wildman–Crippen MR) is 141 cm³/mol. The van der Waals surface area contributed by atoms with Crippen LogP contribution in [0.5, 0.6) is 11.5 Å². The van der Waals surface area contributed by atoms with Crippen LogP contribution in [-0.2, 0) is 0 Å². The number of nitrogens with zero attached hydrogens (tertiary/aromatic N) is 4. The lowest BCUT2D eigenvalue weighted by molar-refractivity contribution is 0.482. The van der Waals surface area contributed by atoms with E-state index in [4.69, 9.17) is 9.84 Å². The van der Waals surface area contributed by atoms with Crippen LogP contribution in [0.1, 0.15) is 50.7 Å². The molecule has 0 spiro atoms. The second-order valence-corrected chi connectivity index (χ2v) is 9.36. The Hall–Kier alpha value is -4.12. The van der Waals surface area contributed by atoms with Crippen molar-refractivity contribution in [1.82, 2.24) is 19.3 Å². The molecule has 5 rings (SSSR count). The Morgan fingerprint density at radius 1 is 0.771 bits per heavy atom. The third-order valence-electron chi connectivity index (χ3n) is 6.18. The Bertz CT molecular complexity index is 1400. The first-order valence-electron chi connectivity index (χ1n) is 12.0. The highest BCUT2D eigenvalue weighted by molar-refractivity contribution is 5.72. The molecule has 0 aliphatic carbocycles. The van der Waals surface area contributed by atoms with Crippen LogP contribution in [0.3, 0.4) is 0 Å². The zero-order valence-corrected chi connectivity index (χ0v) is 20.6. The Labute approximate surface area is 206 Å². The van der Waals surface area contributed by atoms with Gasteiger partial charge in [-0.2, -0.15) is 5.10 Å². The zero-order chi connectivity index (χ0) is 24.4. The Kier molecular flexibility index (Phi) is 6.23. The summed E-state index contributed by atoms with van der Waals surface area (Å²) >= 11 is 0. The summed E-state index contributed by atoms with van der Waals surface area (Å²) in [7, 11) is 0. The van der Waals surface area contributed by atoms with Crippen molar-refractivity contribution in [2.75, 3.05) is 0 Å². The number of rotatable bonds is 7. The van der Waals surface area contributed by atoms with Crippen molar-refractivity contribution in [2.45, 2.75) is 39.5 Å². The molecule has 0 saturated heterocycles. The van der Waals surface area contributed by atoms with Gasteiger partial charge in [-0.25, -0.2) is 9.67 Å². The minimum Gasteiger partial charge on any atom is -0.457 e. The van der Waals surface area contributed by atoms with Gasteiger partial charge in [0.25, 0.3) is 0 Å². The van der Waals surface area contributed by atoms with E-state index in [0.29, 0.717) is 11.8 Å². The van der Waals surface area contributed by atoms with Crippen molar-refractivity contribution >= 4 is 0 Å². The number of hydrogen-bond donors (Lipinski definition) is 0. The Morgan fingerprint density at radius 2 is 1.40 bits per heavy atom. The van der Waals surface area contributed by atoms with E-state index in [-0.39, 0.29) is 0 Å². The van der Waals surface area contributed by atoms with Gasteiger partial charge in [-0.15, -0.1) is 0 Å². The highest BCUT2D eigenvalue weighted by Gasteiger charge is 2.17. The summed E-state index contributed by atoms with van der Waals surface area (Å²) in [6.45, 7) is 8.98. The minimum absolute atomic E-state index is 0.432. The predicted octanol–water partition coefficient (Wildman–Crippen LogP) is 7.76. The van der Waals surface area contributed by atoms with Crippen molar-refractivity contribution in [3.05, 3.63) is 109 Å². The molecule has 0 unspecified atom stereocenters. The molecular weight excluding hydrogens is 432 g/mol. The molecule has 0 aliphatic rings. The monoisotopic (exact) mass is 462 g/mol. The number of aromatic nitrogens is 4. The van der Waals surface area contributed by atoms with E-state index in [9.17, 15) is 0 Å². The molecule has 5 aromatic rings. The minimum atomic E-state index is 0.432. The number of imidazole rings is 1. The van der Waals surface area contributed by atoms with Crippen LogP contribution in [0.15, 0.2) is 97.8 Å². The zero-order valence-electron chi connectivity index (χ0n) is 20.6. The molecule has 35 heavy (non-hydrogen) atoms. The Morgan fingerprint density at radius 3 is 2.03 bits per heavy atom. The van der Waals surface area contributed by atoms with Crippen molar-refractivity contribution < 1.29 is 4.74 Å². The van der Waals surface area contributed by atoms with Crippen molar-refractivity contribution in [1.29, 1.82) is 0 Å². The molecular formula is C30H30N4O. The highest BCUT2D eigenvalue weighted by Crippen LogP contribution is 2.36. The normalized spacial score (nSPS) is 11.4. The van der Waals surface area contributed by atoms with Gasteiger partial charge in [0.2, 0.25) is 0 Å². The van der Waals surface area contributed by atoms with E-state index in [1.165, 1.54) is 16.7 Å². The highest BCUT2D eigenvalue weighted by atomic mass is 16.5. The van der Waals surface area contributed by atoms with E-state index >= 15 is 0 Å². The summed E-state index contributed by atoms with van der Waals surface area (Å²) in [5.41, 5.74) is 7.09. The van der Waals surface area contributed by atoms with Crippen molar-refractivity contribution in [3.63, 3.8) is 0 Å². The second kappa shape index (κ2) is 9.63. The molecule has 176 valence electrons. The molecule has 0 fully saturated rings. The van der Waals surface area contributed by atoms with E-state index in [1.807, 2.05) is 70.2 Å². The first kappa shape index (κ1) is 22.7. The third kappa shape index (κ3) is 4.76. The molecule has 0 radical (unpaired) electrons. The van der Waals surface area contributed by atoms with Gasteiger partial charge in [-0.05, 0) is 52.8 Å². The van der Waals surface area contributed by atoms with Crippen LogP contribution in [0, 0.1) is 0 Å². The van der Waals surface area contributed by atoms with E-state index in [2.05, 4.69) is 57.1 Å². The van der Waals surface area contributed by atoms with Crippen LogP contribution in [0.2, 0.25) is 0 Å². The lowest BCUT2D eigenvalue weighted by atomic mass is 9.86. The lowest BCUT2D eigenvalue weighted by Gasteiger charge is -2.18. The summed E-state index contributed by atoms with van der Waals surface area (Å²) in [6.07, 6.45) is 9.54. The van der Waals surface area contributed by atoms with Gasteiger partial charge >= 0.3 is 0 Å². The van der Waals surface area contributed by atoms with Crippen LogP contribution in [-0.4, -0.2) is 19.3 Å². The second-order valence-electron chi connectivity index (χ2n) is 9.36. The summed E-state index contributed by atoms with van der Waals surface area (Å²) in [6, 6.07) is 22.6. The first-order chi connectivity index (χ1) is 17.0. The topological polar surface area (TPSA) is 44.9 Å². The molecule has 2 aromatic heterocycles. The van der Waals surface area contributed by atoms with Crippen molar-refractivity contribution in [2.24, 2.45) is 0 Å². The van der Waals surface area contributed by atoms with E-state index < -0.39 is 0 Å². The fraction of sp³-hybridized carbons (Fsp3) is 0.200. The molecule has 0 aliphatic heterocycles. The first-order valence-corrected chi connectivity index (χ1v) is 12.0. The number of ether oxygens (including phenoxy) is 1. The summed E-state index contributed by atoms with van der Waals surface area (Å²) in [5, 5.41) is 4.71.